The number of rotatable bonds is 3. The summed E-state index contributed by atoms with van der Waals surface area (Å²) in [7, 11) is 0. The minimum absolute atomic E-state index is 0.643. The molecule has 4 heterocycles. The van der Waals surface area contributed by atoms with Gasteiger partial charge in [-0.25, -0.2) is 9.97 Å². The van der Waals surface area contributed by atoms with Gasteiger partial charge in [-0.2, -0.15) is 0 Å². The lowest BCUT2D eigenvalue weighted by molar-refractivity contribution is 0.667. The van der Waals surface area contributed by atoms with E-state index < -0.39 is 0 Å². The zero-order valence-corrected chi connectivity index (χ0v) is 23.9. The van der Waals surface area contributed by atoms with Crippen LogP contribution in [0.1, 0.15) is 0 Å². The van der Waals surface area contributed by atoms with Crippen molar-refractivity contribution in [3.05, 3.63) is 140 Å². The maximum Gasteiger partial charge on any atom is 0.180 e. The Balaban J connectivity index is 1.26. The Bertz CT molecular complexity index is 2770. The number of furan rings is 2. The maximum absolute atomic E-state index is 6.56. The first-order valence-electron chi connectivity index (χ1n) is 15.0. The van der Waals surface area contributed by atoms with Gasteiger partial charge in [-0.15, -0.1) is 0 Å². The molecule has 0 fully saturated rings. The Labute approximate surface area is 256 Å². The highest BCUT2D eigenvalue weighted by atomic mass is 16.3. The molecule has 0 spiro atoms. The van der Waals surface area contributed by atoms with E-state index in [1.54, 1.807) is 0 Å². The first-order chi connectivity index (χ1) is 22.3. The first kappa shape index (κ1) is 24.3. The van der Waals surface area contributed by atoms with Crippen molar-refractivity contribution in [2.24, 2.45) is 0 Å². The van der Waals surface area contributed by atoms with E-state index in [1.165, 1.54) is 5.39 Å². The van der Waals surface area contributed by atoms with Crippen molar-refractivity contribution in [3.63, 3.8) is 0 Å². The SMILES string of the molecule is c1ccc(-c2nc(-c3cccc(-n4c5ccccc5c5ccc6c7ccccc7oc6c54)c3)nc3c2oc2ccccc23)cc1. The van der Waals surface area contributed by atoms with E-state index in [9.17, 15) is 0 Å². The molecular formula is C40H23N3O2. The van der Waals surface area contributed by atoms with Crippen LogP contribution in [-0.4, -0.2) is 14.5 Å². The normalized spacial score (nSPS) is 12.0. The van der Waals surface area contributed by atoms with E-state index in [4.69, 9.17) is 18.8 Å². The average Bonchev–Trinajstić information content (AvgIpc) is 3.78. The Hall–Kier alpha value is -6.20. The molecule has 45 heavy (non-hydrogen) atoms. The fraction of sp³-hybridized carbons (Fsp3) is 0. The number of hydrogen-bond acceptors (Lipinski definition) is 4. The highest BCUT2D eigenvalue weighted by Gasteiger charge is 2.21. The number of hydrogen-bond donors (Lipinski definition) is 0. The summed E-state index contributed by atoms with van der Waals surface area (Å²) in [6, 6.07) is 47.8. The molecule has 5 nitrogen and oxygen atoms in total. The number of benzene rings is 6. The van der Waals surface area contributed by atoms with Crippen molar-refractivity contribution in [2.75, 3.05) is 0 Å². The largest absolute Gasteiger partial charge is 0.454 e. The van der Waals surface area contributed by atoms with Crippen LogP contribution in [0.2, 0.25) is 0 Å². The van der Waals surface area contributed by atoms with Crippen LogP contribution < -0.4 is 0 Å². The molecule has 0 amide bonds. The lowest BCUT2D eigenvalue weighted by Crippen LogP contribution is -1.97. The van der Waals surface area contributed by atoms with Crippen LogP contribution in [0.5, 0.6) is 0 Å². The molecule has 0 unspecified atom stereocenters. The molecule has 0 saturated carbocycles. The van der Waals surface area contributed by atoms with Gasteiger partial charge in [0.15, 0.2) is 17.0 Å². The second kappa shape index (κ2) is 9.15. The summed E-state index contributed by atoms with van der Waals surface area (Å²) >= 11 is 0. The van der Waals surface area contributed by atoms with Gasteiger partial charge in [-0.1, -0.05) is 97.1 Å². The molecule has 0 N–H and O–H groups in total. The van der Waals surface area contributed by atoms with Crippen molar-refractivity contribution in [3.8, 4) is 28.3 Å². The summed E-state index contributed by atoms with van der Waals surface area (Å²) < 4.78 is 15.2. The van der Waals surface area contributed by atoms with Crippen LogP contribution in [0.3, 0.4) is 0 Å². The van der Waals surface area contributed by atoms with Gasteiger partial charge in [0.25, 0.3) is 0 Å². The third-order valence-electron chi connectivity index (χ3n) is 8.81. The molecule has 4 aromatic heterocycles. The fourth-order valence-electron chi connectivity index (χ4n) is 6.79. The highest BCUT2D eigenvalue weighted by Crippen LogP contribution is 2.41. The molecule has 0 aliphatic heterocycles. The van der Waals surface area contributed by atoms with Crippen LogP contribution in [0.4, 0.5) is 0 Å². The summed E-state index contributed by atoms with van der Waals surface area (Å²) in [5, 5.41) is 5.51. The summed E-state index contributed by atoms with van der Waals surface area (Å²) in [4.78, 5) is 10.2. The van der Waals surface area contributed by atoms with Crippen LogP contribution in [0.25, 0.3) is 94.1 Å². The number of nitrogens with zero attached hydrogens (tertiary/aromatic N) is 3. The lowest BCUT2D eigenvalue weighted by Gasteiger charge is -2.11. The monoisotopic (exact) mass is 577 g/mol. The number of para-hydroxylation sites is 3. The molecule has 6 aromatic carbocycles. The summed E-state index contributed by atoms with van der Waals surface area (Å²) in [6.07, 6.45) is 0. The molecule has 0 saturated heterocycles. The Morgan fingerprint density at radius 1 is 0.467 bits per heavy atom. The van der Waals surface area contributed by atoms with E-state index in [0.29, 0.717) is 11.4 Å². The van der Waals surface area contributed by atoms with Gasteiger partial charge in [0.1, 0.15) is 22.4 Å². The Morgan fingerprint density at radius 3 is 2.00 bits per heavy atom. The Morgan fingerprint density at radius 2 is 1.13 bits per heavy atom. The smallest absolute Gasteiger partial charge is 0.180 e. The minimum atomic E-state index is 0.643. The van der Waals surface area contributed by atoms with Gasteiger partial charge in [0.2, 0.25) is 0 Å². The average molecular weight is 578 g/mol. The van der Waals surface area contributed by atoms with Gasteiger partial charge < -0.3 is 13.4 Å². The zero-order valence-electron chi connectivity index (χ0n) is 23.9. The van der Waals surface area contributed by atoms with Gasteiger partial charge in [0, 0.05) is 43.7 Å². The number of aromatic nitrogens is 3. The predicted octanol–water partition coefficient (Wildman–Crippen LogP) is 10.7. The fourth-order valence-corrected chi connectivity index (χ4v) is 6.79. The third kappa shape index (κ3) is 3.49. The second-order valence-electron chi connectivity index (χ2n) is 11.4. The second-order valence-corrected chi connectivity index (χ2v) is 11.4. The van der Waals surface area contributed by atoms with Crippen LogP contribution >= 0.6 is 0 Å². The minimum Gasteiger partial charge on any atom is -0.454 e. The van der Waals surface area contributed by atoms with Crippen LogP contribution in [-0.2, 0) is 0 Å². The molecule has 0 aliphatic rings. The topological polar surface area (TPSA) is 57.0 Å². The van der Waals surface area contributed by atoms with E-state index in [1.807, 2.05) is 48.5 Å². The summed E-state index contributed by atoms with van der Waals surface area (Å²) in [5.74, 6) is 0.643. The van der Waals surface area contributed by atoms with Crippen molar-refractivity contribution in [1.29, 1.82) is 0 Å². The van der Waals surface area contributed by atoms with Crippen LogP contribution in [0, 0.1) is 0 Å². The van der Waals surface area contributed by atoms with Crippen molar-refractivity contribution >= 4 is 65.8 Å². The Kier molecular flexibility index (Phi) is 4.93. The summed E-state index contributed by atoms with van der Waals surface area (Å²) in [5.41, 5.74) is 9.89. The zero-order chi connectivity index (χ0) is 29.5. The third-order valence-corrected chi connectivity index (χ3v) is 8.81. The van der Waals surface area contributed by atoms with Crippen LogP contribution in [0.15, 0.2) is 148 Å². The molecule has 210 valence electrons. The molecule has 5 heteroatoms. The van der Waals surface area contributed by atoms with E-state index in [2.05, 4.69) is 95.6 Å². The standard InChI is InChI=1S/C40H23N3O2/c1-2-11-24(12-3-1)35-39-36(31-17-6-9-20-34(31)45-39)42-40(41-35)25-13-10-14-26(23-25)43-32-18-7-4-15-27(32)29-21-22-30-28-16-5-8-19-33(28)44-38(30)37(29)43/h1-23H. The maximum atomic E-state index is 6.56. The van der Waals surface area contributed by atoms with Crippen molar-refractivity contribution in [2.45, 2.75) is 0 Å². The molecule has 0 atom stereocenters. The van der Waals surface area contributed by atoms with Gasteiger partial charge >= 0.3 is 0 Å². The van der Waals surface area contributed by atoms with E-state index in [-0.39, 0.29) is 0 Å². The van der Waals surface area contributed by atoms with Crippen molar-refractivity contribution in [1.82, 2.24) is 14.5 Å². The molecule has 0 radical (unpaired) electrons. The predicted molar refractivity (Wildman–Crippen MR) is 182 cm³/mol. The summed E-state index contributed by atoms with van der Waals surface area (Å²) in [6.45, 7) is 0. The molecule has 0 bridgehead atoms. The van der Waals surface area contributed by atoms with Gasteiger partial charge in [-0.05, 0) is 42.5 Å². The van der Waals surface area contributed by atoms with Gasteiger partial charge in [-0.3, -0.25) is 0 Å². The number of fused-ring (bicyclic) bond motifs is 10. The molecular weight excluding hydrogens is 554 g/mol. The molecule has 10 rings (SSSR count). The van der Waals surface area contributed by atoms with Crippen molar-refractivity contribution < 1.29 is 8.83 Å². The lowest BCUT2D eigenvalue weighted by atomic mass is 10.1. The van der Waals surface area contributed by atoms with Gasteiger partial charge in [0.05, 0.1) is 11.0 Å². The highest BCUT2D eigenvalue weighted by molar-refractivity contribution is 6.21. The molecule has 10 aromatic rings. The van der Waals surface area contributed by atoms with E-state index in [0.717, 1.165) is 77.4 Å². The first-order valence-corrected chi connectivity index (χ1v) is 15.0. The molecule has 0 aliphatic carbocycles. The van der Waals surface area contributed by atoms with E-state index >= 15 is 0 Å². The quantitative estimate of drug-likeness (QED) is 0.210.